The van der Waals surface area contributed by atoms with E-state index < -0.39 is 5.41 Å². The number of oxime groups is 1. The van der Waals surface area contributed by atoms with Crippen LogP contribution in [0.25, 0.3) is 0 Å². The van der Waals surface area contributed by atoms with Crippen LogP contribution in [0, 0.1) is 5.41 Å². The van der Waals surface area contributed by atoms with Crippen LogP contribution < -0.4 is 11.1 Å². The molecule has 0 spiro atoms. The Kier molecular flexibility index (Phi) is 4.04. The van der Waals surface area contributed by atoms with Gasteiger partial charge in [-0.2, -0.15) is 11.8 Å². The van der Waals surface area contributed by atoms with Gasteiger partial charge in [-0.15, -0.1) is 0 Å². The van der Waals surface area contributed by atoms with Crippen LogP contribution in [0.3, 0.4) is 0 Å². The Bertz CT molecular complexity index is 355. The van der Waals surface area contributed by atoms with Crippen LogP contribution >= 0.6 is 11.8 Å². The molecule has 0 aromatic carbocycles. The number of hydrogen-bond donors (Lipinski definition) is 3. The summed E-state index contributed by atoms with van der Waals surface area (Å²) in [6.45, 7) is 2.16. The third kappa shape index (κ3) is 2.58. The van der Waals surface area contributed by atoms with Crippen molar-refractivity contribution < 1.29 is 10.0 Å². The van der Waals surface area contributed by atoms with Crippen molar-refractivity contribution in [2.75, 3.05) is 5.75 Å². The van der Waals surface area contributed by atoms with Crippen molar-refractivity contribution in [3.63, 3.8) is 0 Å². The predicted octanol–water partition coefficient (Wildman–Crippen LogP) is 1.30. The highest BCUT2D eigenvalue weighted by atomic mass is 32.2. The molecular formula is C12H21N3O2S. The number of nitrogens with one attached hydrogen (secondary N) is 1. The number of carbonyl (C=O) groups excluding carboxylic acids is 1. The fourth-order valence-corrected chi connectivity index (χ4v) is 3.74. The summed E-state index contributed by atoms with van der Waals surface area (Å²) < 4.78 is 0. The first-order chi connectivity index (χ1) is 8.62. The second kappa shape index (κ2) is 5.38. The molecule has 2 rings (SSSR count). The predicted molar refractivity (Wildman–Crippen MR) is 72.8 cm³/mol. The van der Waals surface area contributed by atoms with Crippen molar-refractivity contribution in [2.24, 2.45) is 16.3 Å². The number of amides is 1. The van der Waals surface area contributed by atoms with Crippen LogP contribution in [0.4, 0.5) is 0 Å². The van der Waals surface area contributed by atoms with E-state index in [1.807, 2.05) is 11.8 Å². The van der Waals surface area contributed by atoms with E-state index in [1.54, 1.807) is 0 Å². The highest BCUT2D eigenvalue weighted by Crippen LogP contribution is 2.46. The average Bonchev–Trinajstić information content (AvgIpc) is 3.07. The number of carbonyl (C=O) groups is 1. The van der Waals surface area contributed by atoms with E-state index in [2.05, 4.69) is 17.4 Å². The zero-order chi connectivity index (χ0) is 13.2. The van der Waals surface area contributed by atoms with Gasteiger partial charge in [-0.25, -0.2) is 0 Å². The SMILES string of the molecule is CCSC1CCC(NC(=O)C2(C(N)=NO)CC2)C1. The van der Waals surface area contributed by atoms with E-state index in [0.29, 0.717) is 18.1 Å². The molecule has 4 N–H and O–H groups in total. The first kappa shape index (κ1) is 13.5. The molecule has 5 nitrogen and oxygen atoms in total. The zero-order valence-corrected chi connectivity index (χ0v) is 11.5. The van der Waals surface area contributed by atoms with Gasteiger partial charge < -0.3 is 16.3 Å². The third-order valence-corrected chi connectivity index (χ3v) is 5.14. The quantitative estimate of drug-likeness (QED) is 0.304. The van der Waals surface area contributed by atoms with E-state index in [4.69, 9.17) is 10.9 Å². The van der Waals surface area contributed by atoms with E-state index >= 15 is 0 Å². The number of nitrogens with two attached hydrogens (primary N) is 1. The Morgan fingerprint density at radius 1 is 1.56 bits per heavy atom. The maximum atomic E-state index is 12.2. The average molecular weight is 271 g/mol. The van der Waals surface area contributed by atoms with E-state index in [0.717, 1.165) is 18.6 Å². The molecule has 2 atom stereocenters. The van der Waals surface area contributed by atoms with Crippen LogP contribution in [0.2, 0.25) is 0 Å². The number of amidine groups is 1. The second-order valence-electron chi connectivity index (χ2n) is 5.13. The largest absolute Gasteiger partial charge is 0.409 e. The molecular weight excluding hydrogens is 250 g/mol. The van der Waals surface area contributed by atoms with Gasteiger partial charge in [-0.1, -0.05) is 12.1 Å². The minimum absolute atomic E-state index is 0.0532. The van der Waals surface area contributed by atoms with Crippen molar-refractivity contribution in [3.8, 4) is 0 Å². The maximum absolute atomic E-state index is 12.2. The van der Waals surface area contributed by atoms with Gasteiger partial charge in [0.25, 0.3) is 0 Å². The van der Waals surface area contributed by atoms with Crippen molar-refractivity contribution in [3.05, 3.63) is 0 Å². The van der Waals surface area contributed by atoms with Gasteiger partial charge in [0.2, 0.25) is 5.91 Å². The summed E-state index contributed by atoms with van der Waals surface area (Å²) in [6, 6.07) is 0.255. The summed E-state index contributed by atoms with van der Waals surface area (Å²) >= 11 is 1.96. The van der Waals surface area contributed by atoms with Gasteiger partial charge in [-0.05, 0) is 37.9 Å². The van der Waals surface area contributed by atoms with Gasteiger partial charge in [0.05, 0.1) is 0 Å². The summed E-state index contributed by atoms with van der Waals surface area (Å²) in [5.41, 5.74) is 4.88. The Labute approximate surface area is 112 Å². The molecule has 0 radical (unpaired) electrons. The van der Waals surface area contributed by atoms with Crippen LogP contribution in [-0.4, -0.2) is 34.0 Å². The minimum Gasteiger partial charge on any atom is -0.409 e. The lowest BCUT2D eigenvalue weighted by molar-refractivity contribution is -0.124. The summed E-state index contributed by atoms with van der Waals surface area (Å²) in [4.78, 5) is 12.2. The maximum Gasteiger partial charge on any atom is 0.234 e. The number of nitrogens with zero attached hydrogens (tertiary/aromatic N) is 1. The Balaban J connectivity index is 1.86. The number of rotatable bonds is 5. The van der Waals surface area contributed by atoms with E-state index in [9.17, 15) is 4.79 Å². The lowest BCUT2D eigenvalue weighted by Crippen LogP contribution is -2.44. The first-order valence-electron chi connectivity index (χ1n) is 6.53. The molecule has 0 bridgehead atoms. The van der Waals surface area contributed by atoms with Gasteiger partial charge in [0.15, 0.2) is 5.84 Å². The Morgan fingerprint density at radius 3 is 2.83 bits per heavy atom. The zero-order valence-electron chi connectivity index (χ0n) is 10.7. The van der Waals surface area contributed by atoms with Crippen LogP contribution in [0.15, 0.2) is 5.16 Å². The van der Waals surface area contributed by atoms with Gasteiger partial charge in [-0.3, -0.25) is 4.79 Å². The number of hydrogen-bond acceptors (Lipinski definition) is 4. The molecule has 2 aliphatic rings. The molecule has 18 heavy (non-hydrogen) atoms. The molecule has 2 saturated carbocycles. The summed E-state index contributed by atoms with van der Waals surface area (Å²) in [5, 5.41) is 15.4. The van der Waals surface area contributed by atoms with Gasteiger partial charge in [0, 0.05) is 11.3 Å². The lowest BCUT2D eigenvalue weighted by atomic mass is 10.0. The molecule has 0 aromatic rings. The molecule has 0 saturated heterocycles. The van der Waals surface area contributed by atoms with Crippen molar-refractivity contribution in [2.45, 2.75) is 50.3 Å². The molecule has 0 aliphatic heterocycles. The fraction of sp³-hybridized carbons (Fsp3) is 0.833. The lowest BCUT2D eigenvalue weighted by Gasteiger charge is -2.18. The van der Waals surface area contributed by atoms with Crippen LogP contribution in [0.5, 0.6) is 0 Å². The fourth-order valence-electron chi connectivity index (χ4n) is 2.60. The highest BCUT2D eigenvalue weighted by molar-refractivity contribution is 7.99. The summed E-state index contributed by atoms with van der Waals surface area (Å²) in [7, 11) is 0. The monoisotopic (exact) mass is 271 g/mol. The molecule has 2 fully saturated rings. The van der Waals surface area contributed by atoms with E-state index in [-0.39, 0.29) is 17.8 Å². The van der Waals surface area contributed by atoms with Crippen LogP contribution in [-0.2, 0) is 4.79 Å². The van der Waals surface area contributed by atoms with Gasteiger partial charge >= 0.3 is 0 Å². The Hall–Kier alpha value is -0.910. The molecule has 1 amide bonds. The highest BCUT2D eigenvalue weighted by Gasteiger charge is 2.54. The third-order valence-electron chi connectivity index (χ3n) is 3.90. The topological polar surface area (TPSA) is 87.7 Å². The minimum atomic E-state index is -0.718. The van der Waals surface area contributed by atoms with Crippen LogP contribution in [0.1, 0.15) is 39.0 Å². The normalized spacial score (nSPS) is 30.2. The molecule has 102 valence electrons. The molecule has 0 heterocycles. The molecule has 2 aliphatic carbocycles. The molecule has 0 aromatic heterocycles. The molecule has 6 heteroatoms. The standard InChI is InChI=1S/C12H21N3O2S/c1-2-18-9-4-3-8(7-9)14-11(16)12(5-6-12)10(13)15-17/h8-9,17H,2-7H2,1H3,(H2,13,15)(H,14,16). The van der Waals surface area contributed by atoms with Crippen molar-refractivity contribution >= 4 is 23.5 Å². The summed E-state index contributed by atoms with van der Waals surface area (Å²) in [6.07, 6.45) is 4.62. The smallest absolute Gasteiger partial charge is 0.234 e. The first-order valence-corrected chi connectivity index (χ1v) is 7.58. The van der Waals surface area contributed by atoms with E-state index in [1.165, 1.54) is 6.42 Å². The van der Waals surface area contributed by atoms with Gasteiger partial charge in [0.1, 0.15) is 5.41 Å². The van der Waals surface area contributed by atoms with Crippen molar-refractivity contribution in [1.29, 1.82) is 0 Å². The summed E-state index contributed by atoms with van der Waals surface area (Å²) in [5.74, 6) is 1.11. The molecule has 2 unspecified atom stereocenters. The number of thioether (sulfide) groups is 1. The Morgan fingerprint density at radius 2 is 2.28 bits per heavy atom. The second-order valence-corrected chi connectivity index (χ2v) is 6.71. The van der Waals surface area contributed by atoms with Crippen molar-refractivity contribution in [1.82, 2.24) is 5.32 Å².